The minimum absolute atomic E-state index is 0.0747. The number of esters is 1. The Morgan fingerprint density at radius 2 is 2.05 bits per heavy atom. The van der Waals surface area contributed by atoms with Crippen molar-refractivity contribution in [2.75, 3.05) is 0 Å². The molecule has 0 radical (unpaired) electrons. The molecule has 1 atom stereocenters. The summed E-state index contributed by atoms with van der Waals surface area (Å²) in [6.45, 7) is 0.795. The number of rotatable bonds is 4. The summed E-state index contributed by atoms with van der Waals surface area (Å²) >= 11 is 0. The summed E-state index contributed by atoms with van der Waals surface area (Å²) in [5.74, 6) is -1.38. The molecular formula is C14H13F4NO3. The largest absolute Gasteiger partial charge is 0.459 e. The molecule has 1 aromatic carbocycles. The molecule has 4 nitrogen and oxygen atoms in total. The molecule has 2 rings (SSSR count). The van der Waals surface area contributed by atoms with Gasteiger partial charge in [0.05, 0.1) is 13.0 Å². The number of carbonyl (C=O) groups excluding carboxylic acids is 1. The SMILES string of the molecule is C[C@@H](OC(=O)Cc1cc(F)cc2cc(CN)oc12)C(F)(F)F. The van der Waals surface area contributed by atoms with Gasteiger partial charge >= 0.3 is 12.1 Å². The number of benzene rings is 1. The van der Waals surface area contributed by atoms with E-state index in [1.807, 2.05) is 0 Å². The van der Waals surface area contributed by atoms with E-state index in [0.29, 0.717) is 11.1 Å². The number of halogens is 4. The van der Waals surface area contributed by atoms with E-state index >= 15 is 0 Å². The van der Waals surface area contributed by atoms with Crippen molar-refractivity contribution in [1.82, 2.24) is 0 Å². The van der Waals surface area contributed by atoms with Gasteiger partial charge in [-0.15, -0.1) is 0 Å². The molecule has 22 heavy (non-hydrogen) atoms. The van der Waals surface area contributed by atoms with E-state index in [9.17, 15) is 22.4 Å². The van der Waals surface area contributed by atoms with E-state index < -0.39 is 30.5 Å². The molecule has 0 aliphatic carbocycles. The minimum Gasteiger partial charge on any atom is -0.459 e. The molecule has 0 saturated carbocycles. The maximum absolute atomic E-state index is 13.5. The smallest absolute Gasteiger partial charge is 0.425 e. The molecule has 0 bridgehead atoms. The number of alkyl halides is 3. The topological polar surface area (TPSA) is 65.5 Å². The van der Waals surface area contributed by atoms with Crippen LogP contribution in [0, 0.1) is 5.82 Å². The van der Waals surface area contributed by atoms with Gasteiger partial charge in [0.2, 0.25) is 0 Å². The first kappa shape index (κ1) is 16.3. The first-order valence-corrected chi connectivity index (χ1v) is 6.38. The predicted octanol–water partition coefficient (Wildman–Crippen LogP) is 3.07. The number of hydrogen-bond acceptors (Lipinski definition) is 4. The van der Waals surface area contributed by atoms with Crippen LogP contribution in [-0.4, -0.2) is 18.2 Å². The van der Waals surface area contributed by atoms with E-state index in [4.69, 9.17) is 10.2 Å². The van der Waals surface area contributed by atoms with Gasteiger partial charge in [0.1, 0.15) is 17.2 Å². The minimum atomic E-state index is -4.65. The number of nitrogens with two attached hydrogens (primary N) is 1. The number of carbonyl (C=O) groups is 1. The zero-order chi connectivity index (χ0) is 16.5. The summed E-state index contributed by atoms with van der Waals surface area (Å²) in [7, 11) is 0. The second-order valence-electron chi connectivity index (χ2n) is 4.75. The Morgan fingerprint density at radius 1 is 1.36 bits per heavy atom. The van der Waals surface area contributed by atoms with Crippen LogP contribution in [0.15, 0.2) is 22.6 Å². The molecule has 2 N–H and O–H groups in total. The summed E-state index contributed by atoms with van der Waals surface area (Å²) in [5, 5.41) is 0.382. The molecule has 0 fully saturated rings. The van der Waals surface area contributed by atoms with Crippen molar-refractivity contribution in [3.63, 3.8) is 0 Å². The van der Waals surface area contributed by atoms with Crippen molar-refractivity contribution in [2.45, 2.75) is 32.2 Å². The predicted molar refractivity (Wildman–Crippen MR) is 69.4 cm³/mol. The van der Waals surface area contributed by atoms with Gasteiger partial charge in [-0.1, -0.05) is 0 Å². The summed E-state index contributed by atoms with van der Waals surface area (Å²) in [6, 6.07) is 3.71. The lowest BCUT2D eigenvalue weighted by Gasteiger charge is -2.16. The molecule has 0 unspecified atom stereocenters. The van der Waals surface area contributed by atoms with Crippen molar-refractivity contribution in [3.05, 3.63) is 35.3 Å². The van der Waals surface area contributed by atoms with Gasteiger partial charge in [-0.05, 0) is 25.1 Å². The van der Waals surface area contributed by atoms with E-state index in [0.717, 1.165) is 13.0 Å². The van der Waals surface area contributed by atoms with Crippen LogP contribution in [0.1, 0.15) is 18.2 Å². The Balaban J connectivity index is 2.24. The average Bonchev–Trinajstić information content (AvgIpc) is 2.80. The van der Waals surface area contributed by atoms with E-state index in [1.165, 1.54) is 12.1 Å². The van der Waals surface area contributed by atoms with E-state index in [-0.39, 0.29) is 17.7 Å². The molecule has 0 spiro atoms. The van der Waals surface area contributed by atoms with Crippen LogP contribution in [0.25, 0.3) is 11.0 Å². The van der Waals surface area contributed by atoms with Crippen LogP contribution in [0.5, 0.6) is 0 Å². The first-order valence-electron chi connectivity index (χ1n) is 6.38. The molecule has 0 saturated heterocycles. The zero-order valence-electron chi connectivity index (χ0n) is 11.5. The van der Waals surface area contributed by atoms with Gasteiger partial charge in [-0.25, -0.2) is 4.39 Å². The monoisotopic (exact) mass is 319 g/mol. The van der Waals surface area contributed by atoms with Crippen molar-refractivity contribution in [1.29, 1.82) is 0 Å². The van der Waals surface area contributed by atoms with Gasteiger partial charge < -0.3 is 14.9 Å². The highest BCUT2D eigenvalue weighted by Gasteiger charge is 2.39. The molecule has 8 heteroatoms. The van der Waals surface area contributed by atoms with Gasteiger partial charge in [0, 0.05) is 10.9 Å². The maximum Gasteiger partial charge on any atom is 0.425 e. The second-order valence-corrected chi connectivity index (χ2v) is 4.75. The fourth-order valence-corrected chi connectivity index (χ4v) is 1.93. The van der Waals surface area contributed by atoms with Crippen molar-refractivity contribution in [2.24, 2.45) is 5.73 Å². The van der Waals surface area contributed by atoms with Crippen LogP contribution >= 0.6 is 0 Å². The normalized spacial score (nSPS) is 13.4. The van der Waals surface area contributed by atoms with Crippen molar-refractivity contribution < 1.29 is 31.5 Å². The van der Waals surface area contributed by atoms with Gasteiger partial charge in [0.25, 0.3) is 0 Å². The number of fused-ring (bicyclic) bond motifs is 1. The van der Waals surface area contributed by atoms with Crippen molar-refractivity contribution >= 4 is 16.9 Å². The molecule has 0 aliphatic rings. The lowest BCUT2D eigenvalue weighted by Crippen LogP contribution is -2.31. The average molecular weight is 319 g/mol. The van der Waals surface area contributed by atoms with Crippen molar-refractivity contribution in [3.8, 4) is 0 Å². The van der Waals surface area contributed by atoms with E-state index in [1.54, 1.807) is 0 Å². The summed E-state index contributed by atoms with van der Waals surface area (Å²) in [6.07, 6.45) is -7.42. The number of furan rings is 1. The third-order valence-electron chi connectivity index (χ3n) is 3.01. The first-order chi connectivity index (χ1) is 10.2. The third kappa shape index (κ3) is 3.56. The van der Waals surface area contributed by atoms with Gasteiger partial charge in [0.15, 0.2) is 6.10 Å². The highest BCUT2D eigenvalue weighted by molar-refractivity contribution is 5.85. The Kier molecular flexibility index (Phi) is 4.41. The molecule has 0 amide bonds. The highest BCUT2D eigenvalue weighted by atomic mass is 19.4. The summed E-state index contributed by atoms with van der Waals surface area (Å²) in [4.78, 5) is 11.6. The van der Waals surface area contributed by atoms with Gasteiger partial charge in [-0.3, -0.25) is 4.79 Å². The summed E-state index contributed by atoms with van der Waals surface area (Å²) < 4.78 is 60.2. The van der Waals surface area contributed by atoms with Crippen LogP contribution in [0.4, 0.5) is 17.6 Å². The standard InChI is InChI=1S/C14H13F4NO3/c1-7(14(16,17)18)21-12(20)5-9-3-10(15)2-8-4-11(6-19)22-13(8)9/h2-4,7H,5-6,19H2,1H3/t7-/m1/s1. The van der Waals surface area contributed by atoms with Crippen LogP contribution < -0.4 is 5.73 Å². The van der Waals surface area contributed by atoms with Gasteiger partial charge in [-0.2, -0.15) is 13.2 Å². The summed E-state index contributed by atoms with van der Waals surface area (Å²) in [5.41, 5.74) is 5.73. The molecule has 1 aromatic heterocycles. The molecule has 1 heterocycles. The fourth-order valence-electron chi connectivity index (χ4n) is 1.93. The lowest BCUT2D eigenvalue weighted by atomic mass is 10.1. The molecule has 0 aliphatic heterocycles. The maximum atomic E-state index is 13.5. The Hall–Kier alpha value is -2.09. The third-order valence-corrected chi connectivity index (χ3v) is 3.01. The molecule has 2 aromatic rings. The van der Waals surface area contributed by atoms with Crippen LogP contribution in [-0.2, 0) is 22.5 Å². The second kappa shape index (κ2) is 5.96. The fraction of sp³-hybridized carbons (Fsp3) is 0.357. The van der Waals surface area contributed by atoms with E-state index in [2.05, 4.69) is 4.74 Å². The molecule has 120 valence electrons. The molecular weight excluding hydrogens is 306 g/mol. The Labute approximate surface area is 122 Å². The Morgan fingerprint density at radius 3 is 2.64 bits per heavy atom. The zero-order valence-corrected chi connectivity index (χ0v) is 11.5. The Bertz CT molecular complexity index is 693. The lowest BCUT2D eigenvalue weighted by molar-refractivity contribution is -0.215. The quantitative estimate of drug-likeness (QED) is 0.695. The number of ether oxygens (including phenoxy) is 1. The number of hydrogen-bond donors (Lipinski definition) is 1. The van der Waals surface area contributed by atoms with Crippen LogP contribution in [0.3, 0.4) is 0 Å². The highest BCUT2D eigenvalue weighted by Crippen LogP contribution is 2.26. The van der Waals surface area contributed by atoms with Crippen LogP contribution in [0.2, 0.25) is 0 Å².